The first kappa shape index (κ1) is 20.2. The van der Waals surface area contributed by atoms with E-state index in [0.717, 1.165) is 5.69 Å². The maximum Gasteiger partial charge on any atom is 0.407 e. The van der Waals surface area contributed by atoms with Crippen LogP contribution in [0.1, 0.15) is 38.1 Å². The van der Waals surface area contributed by atoms with Crippen molar-refractivity contribution in [2.75, 3.05) is 6.54 Å². The van der Waals surface area contributed by atoms with Gasteiger partial charge in [0.2, 0.25) is 0 Å². The maximum atomic E-state index is 11.7. The smallest absolute Gasteiger partial charge is 0.407 e. The van der Waals surface area contributed by atoms with Crippen LogP contribution in [0.3, 0.4) is 0 Å². The molecule has 2 aromatic rings. The number of para-hydroxylation sites is 1. The highest BCUT2D eigenvalue weighted by Gasteiger charge is 2.28. The van der Waals surface area contributed by atoms with Gasteiger partial charge in [-0.25, -0.2) is 9.48 Å². The third kappa shape index (κ3) is 4.97. The molecule has 8 heteroatoms. The number of aryl methyl sites for hydroxylation is 1. The van der Waals surface area contributed by atoms with Gasteiger partial charge in [-0.3, -0.25) is 0 Å². The average Bonchev–Trinajstić information content (AvgIpc) is 2.86. The molecule has 0 saturated heterocycles. The van der Waals surface area contributed by atoms with Crippen molar-refractivity contribution in [2.45, 2.75) is 45.5 Å². The van der Waals surface area contributed by atoms with Gasteiger partial charge in [-0.05, 0) is 39.8 Å². The topological polar surface area (TPSA) is 96.6 Å². The minimum atomic E-state index is -1.31. The fourth-order valence-corrected chi connectivity index (χ4v) is 2.78. The highest BCUT2D eigenvalue weighted by atomic mass is 35.5. The summed E-state index contributed by atoms with van der Waals surface area (Å²) in [6.07, 6.45) is -3.26. The zero-order chi connectivity index (χ0) is 19.5. The van der Waals surface area contributed by atoms with E-state index in [1.54, 1.807) is 27.7 Å². The molecule has 1 aromatic heterocycles. The molecule has 2 atom stereocenters. The van der Waals surface area contributed by atoms with E-state index >= 15 is 0 Å². The Morgan fingerprint density at radius 2 is 1.92 bits per heavy atom. The average molecular weight is 382 g/mol. The second-order valence-corrected chi connectivity index (χ2v) is 7.29. The van der Waals surface area contributed by atoms with Crippen molar-refractivity contribution in [1.29, 1.82) is 0 Å². The monoisotopic (exact) mass is 381 g/mol. The lowest BCUT2D eigenvalue weighted by molar-refractivity contribution is 0.0127. The summed E-state index contributed by atoms with van der Waals surface area (Å²) in [5.41, 5.74) is 0.891. The summed E-state index contributed by atoms with van der Waals surface area (Å²) < 4.78 is 6.59. The quantitative estimate of drug-likeness (QED) is 0.740. The number of hydrogen-bond acceptors (Lipinski definition) is 5. The van der Waals surface area contributed by atoms with Crippen LogP contribution >= 0.6 is 11.6 Å². The number of benzene rings is 1. The number of rotatable bonds is 5. The van der Waals surface area contributed by atoms with Crippen molar-refractivity contribution >= 4 is 17.7 Å². The van der Waals surface area contributed by atoms with Gasteiger partial charge in [0.1, 0.15) is 23.0 Å². The molecule has 0 spiro atoms. The van der Waals surface area contributed by atoms with E-state index in [0.29, 0.717) is 11.3 Å². The fraction of sp³-hybridized carbons (Fsp3) is 0.444. The van der Waals surface area contributed by atoms with Gasteiger partial charge in [0, 0.05) is 12.1 Å². The Labute approximate surface area is 157 Å². The Balaban J connectivity index is 2.10. The molecule has 0 aliphatic heterocycles. The maximum absolute atomic E-state index is 11.7. The number of nitrogens with zero attached hydrogens (tertiary/aromatic N) is 2. The normalized spacial score (nSPS) is 14.0. The van der Waals surface area contributed by atoms with Gasteiger partial charge < -0.3 is 20.3 Å². The minimum absolute atomic E-state index is 0.192. The third-order valence-electron chi connectivity index (χ3n) is 3.56. The molecular weight excluding hydrogens is 358 g/mol. The fourth-order valence-electron chi connectivity index (χ4n) is 2.39. The van der Waals surface area contributed by atoms with Crippen molar-refractivity contribution in [3.8, 4) is 5.69 Å². The Kier molecular flexibility index (Phi) is 6.28. The molecule has 1 aromatic carbocycles. The summed E-state index contributed by atoms with van der Waals surface area (Å²) in [5, 5.41) is 27.7. The first-order valence-electron chi connectivity index (χ1n) is 8.23. The number of carbonyl (C=O) groups is 1. The highest BCUT2D eigenvalue weighted by molar-refractivity contribution is 6.30. The summed E-state index contributed by atoms with van der Waals surface area (Å²) in [4.78, 5) is 11.7. The minimum Gasteiger partial charge on any atom is -0.444 e. The van der Waals surface area contributed by atoms with Gasteiger partial charge in [-0.1, -0.05) is 29.8 Å². The Bertz CT molecular complexity index is 756. The predicted molar refractivity (Wildman–Crippen MR) is 98.5 cm³/mol. The molecule has 0 radical (unpaired) electrons. The van der Waals surface area contributed by atoms with E-state index < -0.39 is 23.9 Å². The number of carbonyl (C=O) groups excluding carboxylic acids is 1. The summed E-state index contributed by atoms with van der Waals surface area (Å²) in [6, 6.07) is 9.22. The number of aliphatic hydroxyl groups is 2. The number of amides is 1. The van der Waals surface area contributed by atoms with Crippen molar-refractivity contribution < 1.29 is 19.7 Å². The van der Waals surface area contributed by atoms with Gasteiger partial charge >= 0.3 is 6.09 Å². The molecule has 142 valence electrons. The molecular formula is C18H24ClN3O4. The summed E-state index contributed by atoms with van der Waals surface area (Å²) in [7, 11) is 0. The van der Waals surface area contributed by atoms with Crippen LogP contribution in [-0.2, 0) is 4.74 Å². The van der Waals surface area contributed by atoms with E-state index in [1.807, 2.05) is 30.3 Å². The second kappa shape index (κ2) is 8.07. The highest BCUT2D eigenvalue weighted by Crippen LogP contribution is 2.30. The lowest BCUT2D eigenvalue weighted by Crippen LogP contribution is -2.39. The number of hydrogen-bond donors (Lipinski definition) is 3. The summed E-state index contributed by atoms with van der Waals surface area (Å²) in [6.45, 7) is 6.71. The first-order valence-corrected chi connectivity index (χ1v) is 8.61. The SMILES string of the molecule is Cc1nn(-c2ccccc2)c(Cl)c1C(O)C(O)CNC(=O)OC(C)(C)C. The van der Waals surface area contributed by atoms with Gasteiger partial charge in [0.05, 0.1) is 11.4 Å². The number of aliphatic hydroxyl groups excluding tert-OH is 2. The zero-order valence-electron chi connectivity index (χ0n) is 15.2. The Morgan fingerprint density at radius 3 is 2.50 bits per heavy atom. The Morgan fingerprint density at radius 1 is 1.31 bits per heavy atom. The van der Waals surface area contributed by atoms with Crippen LogP contribution in [0.2, 0.25) is 5.15 Å². The molecule has 1 heterocycles. The summed E-state index contributed by atoms with van der Waals surface area (Å²) in [5.74, 6) is 0. The number of halogens is 1. The molecule has 1 amide bonds. The molecule has 26 heavy (non-hydrogen) atoms. The molecule has 0 aliphatic rings. The standard InChI is InChI=1S/C18H24ClN3O4/c1-11-14(16(19)22(21-11)12-8-6-5-7-9-12)15(24)13(23)10-20-17(25)26-18(2,3)4/h5-9,13,15,23-24H,10H2,1-4H3,(H,20,25). The van der Waals surface area contributed by atoms with E-state index in [-0.39, 0.29) is 11.7 Å². The number of alkyl carbamates (subject to hydrolysis) is 1. The van der Waals surface area contributed by atoms with Crippen molar-refractivity contribution in [3.63, 3.8) is 0 Å². The van der Waals surface area contributed by atoms with Crippen molar-refractivity contribution in [3.05, 3.63) is 46.7 Å². The van der Waals surface area contributed by atoms with E-state index in [2.05, 4.69) is 10.4 Å². The van der Waals surface area contributed by atoms with Crippen LogP contribution in [0.25, 0.3) is 5.69 Å². The van der Waals surface area contributed by atoms with Gasteiger partial charge in [0.25, 0.3) is 0 Å². The van der Waals surface area contributed by atoms with E-state index in [1.165, 1.54) is 4.68 Å². The van der Waals surface area contributed by atoms with Gasteiger partial charge in [-0.2, -0.15) is 5.10 Å². The first-order chi connectivity index (χ1) is 12.1. The number of nitrogens with one attached hydrogen (secondary N) is 1. The largest absolute Gasteiger partial charge is 0.444 e. The van der Waals surface area contributed by atoms with Crippen molar-refractivity contribution in [1.82, 2.24) is 15.1 Å². The molecule has 2 rings (SSSR count). The lowest BCUT2D eigenvalue weighted by Gasteiger charge is -2.22. The Hall–Kier alpha value is -2.09. The zero-order valence-corrected chi connectivity index (χ0v) is 16.0. The molecule has 0 bridgehead atoms. The van der Waals surface area contributed by atoms with Crippen LogP contribution in [0.15, 0.2) is 30.3 Å². The number of aromatic nitrogens is 2. The molecule has 2 unspecified atom stereocenters. The second-order valence-electron chi connectivity index (χ2n) is 6.93. The van der Waals surface area contributed by atoms with E-state index in [4.69, 9.17) is 16.3 Å². The number of ether oxygens (including phenoxy) is 1. The van der Waals surface area contributed by atoms with Gasteiger partial charge in [-0.15, -0.1) is 0 Å². The van der Waals surface area contributed by atoms with Crippen LogP contribution < -0.4 is 5.32 Å². The molecule has 7 nitrogen and oxygen atoms in total. The third-order valence-corrected chi connectivity index (χ3v) is 3.93. The van der Waals surface area contributed by atoms with Gasteiger partial charge in [0.15, 0.2) is 0 Å². The lowest BCUT2D eigenvalue weighted by atomic mass is 10.1. The van der Waals surface area contributed by atoms with Crippen LogP contribution in [-0.4, -0.2) is 44.3 Å². The molecule has 0 fully saturated rings. The molecule has 3 N–H and O–H groups in total. The van der Waals surface area contributed by atoms with Crippen LogP contribution in [0.5, 0.6) is 0 Å². The summed E-state index contributed by atoms with van der Waals surface area (Å²) >= 11 is 6.37. The van der Waals surface area contributed by atoms with Crippen molar-refractivity contribution in [2.24, 2.45) is 0 Å². The predicted octanol–water partition coefficient (Wildman–Crippen LogP) is 2.75. The van der Waals surface area contributed by atoms with Crippen LogP contribution in [0, 0.1) is 6.92 Å². The molecule has 0 saturated carbocycles. The van der Waals surface area contributed by atoms with Crippen LogP contribution in [0.4, 0.5) is 4.79 Å². The van der Waals surface area contributed by atoms with E-state index in [9.17, 15) is 15.0 Å². The molecule has 0 aliphatic carbocycles.